The van der Waals surface area contributed by atoms with E-state index in [1.807, 2.05) is 43.0 Å². The van der Waals surface area contributed by atoms with Crippen LogP contribution >= 0.6 is 0 Å². The minimum absolute atomic E-state index is 0.262. The molecule has 5 nitrogen and oxygen atoms in total. The second kappa shape index (κ2) is 6.35. The molecule has 0 saturated carbocycles. The molecule has 1 N–H and O–H groups in total. The lowest BCUT2D eigenvalue weighted by molar-refractivity contribution is 0.0696. The average molecular weight is 285 g/mol. The molecule has 0 aromatic carbocycles. The van der Waals surface area contributed by atoms with Gasteiger partial charge in [-0.25, -0.2) is 4.79 Å². The van der Waals surface area contributed by atoms with Gasteiger partial charge in [-0.2, -0.15) is 0 Å². The van der Waals surface area contributed by atoms with Gasteiger partial charge in [0.2, 0.25) is 0 Å². The molecule has 21 heavy (non-hydrogen) atoms. The number of carboxylic acid groups (broad SMARTS) is 1. The molecule has 0 spiro atoms. The van der Waals surface area contributed by atoms with Gasteiger partial charge in [0.05, 0.1) is 23.6 Å². The van der Waals surface area contributed by atoms with Crippen molar-refractivity contribution in [3.8, 4) is 0 Å². The van der Waals surface area contributed by atoms with Gasteiger partial charge >= 0.3 is 5.97 Å². The highest BCUT2D eigenvalue weighted by atomic mass is 16.4. The molecule has 0 atom stereocenters. The van der Waals surface area contributed by atoms with E-state index in [9.17, 15) is 9.90 Å². The molecule has 2 aromatic heterocycles. The molecule has 0 saturated heterocycles. The van der Waals surface area contributed by atoms with Gasteiger partial charge in [-0.1, -0.05) is 6.07 Å². The molecule has 0 aliphatic heterocycles. The second-order valence-electron chi connectivity index (χ2n) is 4.88. The van der Waals surface area contributed by atoms with Crippen LogP contribution < -0.4 is 4.90 Å². The topological polar surface area (TPSA) is 66.3 Å². The van der Waals surface area contributed by atoms with Crippen LogP contribution in [0.2, 0.25) is 0 Å². The molecular formula is C16H19N3O2. The summed E-state index contributed by atoms with van der Waals surface area (Å²) >= 11 is 0. The van der Waals surface area contributed by atoms with Crippen LogP contribution in [0.3, 0.4) is 0 Å². The summed E-state index contributed by atoms with van der Waals surface area (Å²) in [6.45, 7) is 6.87. The lowest BCUT2D eigenvalue weighted by Gasteiger charge is -2.25. The number of carboxylic acids is 1. The summed E-state index contributed by atoms with van der Waals surface area (Å²) in [7, 11) is 0. The number of pyridine rings is 2. The number of nitrogens with zero attached hydrogens (tertiary/aromatic N) is 3. The third kappa shape index (κ3) is 3.37. The lowest BCUT2D eigenvalue weighted by Crippen LogP contribution is -2.25. The molecule has 2 aromatic rings. The van der Waals surface area contributed by atoms with Crippen molar-refractivity contribution >= 4 is 11.7 Å². The molecular weight excluding hydrogens is 266 g/mol. The van der Waals surface area contributed by atoms with E-state index in [1.54, 1.807) is 13.1 Å². The standard InChI is InChI=1S/C16H19N3O2/c1-4-19(10-13-7-5-6-8-17-13)14-9-11(2)18-12(3)15(14)16(20)21/h5-9H,4,10H2,1-3H3,(H,20,21). The zero-order chi connectivity index (χ0) is 15.4. The van der Waals surface area contributed by atoms with Gasteiger partial charge in [0.1, 0.15) is 5.56 Å². The van der Waals surface area contributed by atoms with Gasteiger partial charge in [0, 0.05) is 18.4 Å². The summed E-state index contributed by atoms with van der Waals surface area (Å²) in [5.41, 5.74) is 3.21. The van der Waals surface area contributed by atoms with Crippen LogP contribution in [-0.2, 0) is 6.54 Å². The van der Waals surface area contributed by atoms with E-state index in [-0.39, 0.29) is 5.56 Å². The van der Waals surface area contributed by atoms with Gasteiger partial charge in [-0.3, -0.25) is 9.97 Å². The van der Waals surface area contributed by atoms with E-state index < -0.39 is 5.97 Å². The van der Waals surface area contributed by atoms with E-state index in [2.05, 4.69) is 9.97 Å². The van der Waals surface area contributed by atoms with Crippen molar-refractivity contribution in [3.05, 3.63) is 53.1 Å². The lowest BCUT2D eigenvalue weighted by atomic mass is 10.1. The Balaban J connectivity index is 2.44. The Morgan fingerprint density at radius 2 is 2.10 bits per heavy atom. The monoisotopic (exact) mass is 285 g/mol. The van der Waals surface area contributed by atoms with Gasteiger partial charge in [0.25, 0.3) is 0 Å². The third-order valence-electron chi connectivity index (χ3n) is 3.32. The molecule has 2 heterocycles. The Bertz CT molecular complexity index is 641. The van der Waals surface area contributed by atoms with Gasteiger partial charge in [0.15, 0.2) is 0 Å². The summed E-state index contributed by atoms with van der Waals surface area (Å²) in [5.74, 6) is -0.950. The van der Waals surface area contributed by atoms with E-state index in [4.69, 9.17) is 0 Å². The Morgan fingerprint density at radius 1 is 1.33 bits per heavy atom. The van der Waals surface area contributed by atoms with Gasteiger partial charge in [-0.05, 0) is 39.0 Å². The summed E-state index contributed by atoms with van der Waals surface area (Å²) in [6.07, 6.45) is 1.74. The molecule has 0 bridgehead atoms. The SMILES string of the molecule is CCN(Cc1ccccn1)c1cc(C)nc(C)c1C(=O)O. The maximum absolute atomic E-state index is 11.5. The minimum Gasteiger partial charge on any atom is -0.478 e. The first-order chi connectivity index (χ1) is 10.0. The Labute approximate surface area is 124 Å². The number of aromatic carboxylic acids is 1. The molecule has 0 fully saturated rings. The number of aromatic nitrogens is 2. The van der Waals surface area contributed by atoms with E-state index >= 15 is 0 Å². The van der Waals surface area contributed by atoms with Crippen molar-refractivity contribution in [2.45, 2.75) is 27.3 Å². The Kier molecular flexibility index (Phi) is 4.52. The van der Waals surface area contributed by atoms with E-state index in [0.29, 0.717) is 24.5 Å². The van der Waals surface area contributed by atoms with E-state index in [0.717, 1.165) is 11.4 Å². The number of rotatable bonds is 5. The summed E-state index contributed by atoms with van der Waals surface area (Å²) in [4.78, 5) is 22.1. The molecule has 2 rings (SSSR count). The van der Waals surface area contributed by atoms with Crippen LogP contribution in [0, 0.1) is 13.8 Å². The van der Waals surface area contributed by atoms with Crippen LogP contribution in [-0.4, -0.2) is 27.6 Å². The summed E-state index contributed by atoms with van der Waals surface area (Å²) in [6, 6.07) is 7.55. The molecule has 0 aliphatic rings. The predicted octanol–water partition coefficient (Wildman–Crippen LogP) is 2.82. The highest BCUT2D eigenvalue weighted by molar-refractivity contribution is 5.95. The molecule has 0 unspecified atom stereocenters. The van der Waals surface area contributed by atoms with Crippen molar-refractivity contribution < 1.29 is 9.90 Å². The van der Waals surface area contributed by atoms with Crippen molar-refractivity contribution in [1.29, 1.82) is 0 Å². The number of anilines is 1. The highest BCUT2D eigenvalue weighted by Gasteiger charge is 2.19. The maximum Gasteiger partial charge on any atom is 0.339 e. The largest absolute Gasteiger partial charge is 0.478 e. The maximum atomic E-state index is 11.5. The second-order valence-corrected chi connectivity index (χ2v) is 4.88. The van der Waals surface area contributed by atoms with Gasteiger partial charge < -0.3 is 10.0 Å². The fraction of sp³-hybridized carbons (Fsp3) is 0.312. The fourth-order valence-corrected chi connectivity index (χ4v) is 2.38. The Hall–Kier alpha value is -2.43. The van der Waals surface area contributed by atoms with E-state index in [1.165, 1.54) is 0 Å². The molecule has 5 heteroatoms. The first kappa shape index (κ1) is 15.0. The van der Waals surface area contributed by atoms with Crippen LogP contribution in [0.25, 0.3) is 0 Å². The first-order valence-corrected chi connectivity index (χ1v) is 6.89. The molecule has 0 amide bonds. The normalized spacial score (nSPS) is 10.4. The van der Waals surface area contributed by atoms with Crippen LogP contribution in [0.1, 0.15) is 34.4 Å². The third-order valence-corrected chi connectivity index (χ3v) is 3.32. The zero-order valence-electron chi connectivity index (χ0n) is 12.5. The summed E-state index contributed by atoms with van der Waals surface area (Å²) < 4.78 is 0. The van der Waals surface area contributed by atoms with Gasteiger partial charge in [-0.15, -0.1) is 0 Å². The van der Waals surface area contributed by atoms with Crippen molar-refractivity contribution in [2.75, 3.05) is 11.4 Å². The average Bonchev–Trinajstić information content (AvgIpc) is 2.44. The van der Waals surface area contributed by atoms with Crippen LogP contribution in [0.15, 0.2) is 30.5 Å². The number of aryl methyl sites for hydroxylation is 2. The number of carbonyl (C=O) groups is 1. The zero-order valence-corrected chi connectivity index (χ0v) is 12.5. The molecule has 0 aliphatic carbocycles. The van der Waals surface area contributed by atoms with Crippen LogP contribution in [0.4, 0.5) is 5.69 Å². The minimum atomic E-state index is -0.950. The smallest absolute Gasteiger partial charge is 0.339 e. The quantitative estimate of drug-likeness (QED) is 0.915. The first-order valence-electron chi connectivity index (χ1n) is 6.89. The molecule has 110 valence electrons. The predicted molar refractivity (Wildman–Crippen MR) is 81.6 cm³/mol. The summed E-state index contributed by atoms with van der Waals surface area (Å²) in [5, 5.41) is 9.47. The Morgan fingerprint density at radius 3 is 2.67 bits per heavy atom. The van der Waals surface area contributed by atoms with Crippen LogP contribution in [0.5, 0.6) is 0 Å². The fourth-order valence-electron chi connectivity index (χ4n) is 2.38. The van der Waals surface area contributed by atoms with Crippen molar-refractivity contribution in [2.24, 2.45) is 0 Å². The number of hydrogen-bond donors (Lipinski definition) is 1. The highest BCUT2D eigenvalue weighted by Crippen LogP contribution is 2.25. The molecule has 0 radical (unpaired) electrons. The number of hydrogen-bond acceptors (Lipinski definition) is 4. The van der Waals surface area contributed by atoms with Crippen molar-refractivity contribution in [3.63, 3.8) is 0 Å². The van der Waals surface area contributed by atoms with Crippen molar-refractivity contribution in [1.82, 2.24) is 9.97 Å².